The van der Waals surface area contributed by atoms with Crippen molar-refractivity contribution >= 4 is 33.7 Å². The van der Waals surface area contributed by atoms with Crippen molar-refractivity contribution in [1.29, 1.82) is 0 Å². The van der Waals surface area contributed by atoms with Crippen LogP contribution in [0.25, 0.3) is 22.1 Å². The van der Waals surface area contributed by atoms with Crippen molar-refractivity contribution in [2.45, 2.75) is 13.5 Å². The summed E-state index contributed by atoms with van der Waals surface area (Å²) in [6.45, 7) is 2.07. The molecule has 4 aromatic rings. The number of oxazole rings is 1. The van der Waals surface area contributed by atoms with Gasteiger partial charge in [-0.3, -0.25) is 4.79 Å². The number of fused-ring (bicyclic) bond motifs is 2. The summed E-state index contributed by atoms with van der Waals surface area (Å²) in [6.07, 6.45) is 0. The van der Waals surface area contributed by atoms with Crippen LogP contribution in [0.3, 0.4) is 0 Å². The van der Waals surface area contributed by atoms with Crippen molar-refractivity contribution in [2.75, 3.05) is 12.4 Å². The quantitative estimate of drug-likeness (QED) is 0.602. The zero-order chi connectivity index (χ0) is 17.4. The molecule has 6 heteroatoms. The zero-order valence-electron chi connectivity index (χ0n) is 13.8. The van der Waals surface area contributed by atoms with Gasteiger partial charge in [0.15, 0.2) is 17.2 Å². The summed E-state index contributed by atoms with van der Waals surface area (Å²) in [5, 5.41) is 3.72. The van der Waals surface area contributed by atoms with E-state index >= 15 is 0 Å². The third-order valence-electron chi connectivity index (χ3n) is 3.95. The van der Waals surface area contributed by atoms with Crippen molar-refractivity contribution in [1.82, 2.24) is 4.98 Å². The predicted molar refractivity (Wildman–Crippen MR) is 93.6 cm³/mol. The lowest BCUT2D eigenvalue weighted by molar-refractivity contribution is 0.0992. The summed E-state index contributed by atoms with van der Waals surface area (Å²) in [6, 6.07) is 12.8. The van der Waals surface area contributed by atoms with Gasteiger partial charge in [0.25, 0.3) is 5.91 Å². The number of hydrogen-bond donors (Lipinski definition) is 1. The number of anilines is 1. The maximum Gasteiger partial charge on any atom is 0.291 e. The van der Waals surface area contributed by atoms with Crippen LogP contribution in [0.5, 0.6) is 0 Å². The third kappa shape index (κ3) is 2.77. The number of nitrogens with one attached hydrogen (secondary N) is 1. The first kappa shape index (κ1) is 15.4. The van der Waals surface area contributed by atoms with E-state index in [-0.39, 0.29) is 11.7 Å². The first-order chi connectivity index (χ1) is 12.2. The summed E-state index contributed by atoms with van der Waals surface area (Å²) in [5.74, 6) is 0.500. The van der Waals surface area contributed by atoms with Gasteiger partial charge in [-0.15, -0.1) is 0 Å². The minimum atomic E-state index is -0.331. The molecular formula is C19H16N2O4. The fraction of sp³-hybridized carbons (Fsp3) is 0.158. The molecule has 1 amide bonds. The van der Waals surface area contributed by atoms with Gasteiger partial charge in [0, 0.05) is 30.7 Å². The number of aryl methyl sites for hydroxylation is 1. The molecule has 126 valence electrons. The molecule has 0 aliphatic heterocycles. The van der Waals surface area contributed by atoms with Gasteiger partial charge in [-0.25, -0.2) is 4.98 Å². The van der Waals surface area contributed by atoms with Crippen LogP contribution in [-0.4, -0.2) is 18.0 Å². The fourth-order valence-electron chi connectivity index (χ4n) is 2.88. The molecule has 1 N–H and O–H groups in total. The Hall–Kier alpha value is -3.12. The highest BCUT2D eigenvalue weighted by Crippen LogP contribution is 2.28. The molecule has 0 saturated heterocycles. The highest BCUT2D eigenvalue weighted by atomic mass is 16.5. The number of carbonyl (C=O) groups is 1. The van der Waals surface area contributed by atoms with Gasteiger partial charge < -0.3 is 18.9 Å². The Kier molecular flexibility index (Phi) is 3.74. The number of aromatic nitrogens is 1. The lowest BCUT2D eigenvalue weighted by Gasteiger charge is -2.05. The van der Waals surface area contributed by atoms with Crippen molar-refractivity contribution in [3.63, 3.8) is 0 Å². The first-order valence-electron chi connectivity index (χ1n) is 7.83. The summed E-state index contributed by atoms with van der Waals surface area (Å²) in [4.78, 5) is 17.0. The largest absolute Gasteiger partial charge is 0.451 e. The number of methoxy groups -OCH3 is 1. The van der Waals surface area contributed by atoms with E-state index in [0.29, 0.717) is 34.9 Å². The molecule has 0 spiro atoms. The maximum atomic E-state index is 12.7. The summed E-state index contributed by atoms with van der Waals surface area (Å²) in [5.41, 5.74) is 3.38. The monoisotopic (exact) mass is 336 g/mol. The lowest BCUT2D eigenvalue weighted by Crippen LogP contribution is -2.13. The van der Waals surface area contributed by atoms with Gasteiger partial charge in [-0.2, -0.15) is 0 Å². The number of para-hydroxylation sites is 1. The van der Waals surface area contributed by atoms with Crippen LogP contribution in [-0.2, 0) is 11.3 Å². The van der Waals surface area contributed by atoms with Crippen LogP contribution < -0.4 is 5.32 Å². The van der Waals surface area contributed by atoms with Gasteiger partial charge in [-0.05, 0) is 24.3 Å². The summed E-state index contributed by atoms with van der Waals surface area (Å²) < 4.78 is 16.4. The molecule has 25 heavy (non-hydrogen) atoms. The standard InChI is InChI=1S/C19H16N2O4/c1-11-20-15-9-12(7-8-17(15)24-11)21-19(22)18-14(10-23-2)13-5-3-4-6-16(13)25-18/h3-9H,10H2,1-2H3,(H,21,22). The van der Waals surface area contributed by atoms with Gasteiger partial charge in [-0.1, -0.05) is 18.2 Å². The normalized spacial score (nSPS) is 11.3. The second-order valence-corrected chi connectivity index (χ2v) is 5.71. The first-order valence-corrected chi connectivity index (χ1v) is 7.83. The smallest absolute Gasteiger partial charge is 0.291 e. The molecule has 0 atom stereocenters. The molecule has 2 aromatic heterocycles. The zero-order valence-corrected chi connectivity index (χ0v) is 13.8. The summed E-state index contributed by atoms with van der Waals surface area (Å²) >= 11 is 0. The highest BCUT2D eigenvalue weighted by molar-refractivity contribution is 6.07. The van der Waals surface area contributed by atoms with E-state index in [9.17, 15) is 4.79 Å². The van der Waals surface area contributed by atoms with Crippen LogP contribution in [0, 0.1) is 6.92 Å². The van der Waals surface area contributed by atoms with E-state index in [1.54, 1.807) is 32.2 Å². The van der Waals surface area contributed by atoms with Gasteiger partial charge in [0.05, 0.1) is 6.61 Å². The van der Waals surface area contributed by atoms with Crippen molar-refractivity contribution in [3.05, 3.63) is 59.7 Å². The number of nitrogens with zero attached hydrogens (tertiary/aromatic N) is 1. The molecular weight excluding hydrogens is 320 g/mol. The molecule has 0 bridgehead atoms. The second-order valence-electron chi connectivity index (χ2n) is 5.71. The Balaban J connectivity index is 1.69. The molecule has 0 unspecified atom stereocenters. The minimum Gasteiger partial charge on any atom is -0.451 e. The van der Waals surface area contributed by atoms with Crippen LogP contribution in [0.15, 0.2) is 51.3 Å². The SMILES string of the molecule is COCc1c(C(=O)Nc2ccc3oc(C)nc3c2)oc2ccccc12. The van der Waals surface area contributed by atoms with Gasteiger partial charge in [0.2, 0.25) is 0 Å². The maximum absolute atomic E-state index is 12.7. The Morgan fingerprint density at radius 2 is 2.00 bits per heavy atom. The lowest BCUT2D eigenvalue weighted by atomic mass is 10.1. The number of amides is 1. The van der Waals surface area contributed by atoms with Crippen LogP contribution in [0.4, 0.5) is 5.69 Å². The van der Waals surface area contributed by atoms with E-state index < -0.39 is 0 Å². The molecule has 4 rings (SSSR count). The second kappa shape index (κ2) is 6.07. The molecule has 0 fully saturated rings. The number of ether oxygens (including phenoxy) is 1. The molecule has 0 radical (unpaired) electrons. The van der Waals surface area contributed by atoms with E-state index in [2.05, 4.69) is 10.3 Å². The van der Waals surface area contributed by atoms with Crippen LogP contribution in [0.2, 0.25) is 0 Å². The average molecular weight is 336 g/mol. The van der Waals surface area contributed by atoms with E-state index in [1.807, 2.05) is 24.3 Å². The molecule has 0 aliphatic carbocycles. The van der Waals surface area contributed by atoms with Crippen LogP contribution in [0.1, 0.15) is 22.0 Å². The Morgan fingerprint density at radius 3 is 2.84 bits per heavy atom. The molecule has 0 saturated carbocycles. The number of hydrogen-bond acceptors (Lipinski definition) is 5. The molecule has 2 aromatic carbocycles. The van der Waals surface area contributed by atoms with Crippen molar-refractivity contribution < 1.29 is 18.4 Å². The molecule has 6 nitrogen and oxygen atoms in total. The van der Waals surface area contributed by atoms with E-state index in [1.165, 1.54) is 0 Å². The average Bonchev–Trinajstić information content (AvgIpc) is 3.15. The number of rotatable bonds is 4. The van der Waals surface area contributed by atoms with Gasteiger partial charge in [0.1, 0.15) is 11.1 Å². The minimum absolute atomic E-state index is 0.250. The third-order valence-corrected chi connectivity index (χ3v) is 3.95. The Labute approximate surface area is 143 Å². The Bertz CT molecular complexity index is 1080. The predicted octanol–water partition coefficient (Wildman–Crippen LogP) is 4.28. The van der Waals surface area contributed by atoms with Crippen LogP contribution >= 0.6 is 0 Å². The Morgan fingerprint density at radius 1 is 1.16 bits per heavy atom. The fourth-order valence-corrected chi connectivity index (χ4v) is 2.88. The molecule has 0 aliphatic rings. The van der Waals surface area contributed by atoms with Crippen molar-refractivity contribution in [3.8, 4) is 0 Å². The highest BCUT2D eigenvalue weighted by Gasteiger charge is 2.20. The van der Waals surface area contributed by atoms with Gasteiger partial charge >= 0.3 is 0 Å². The van der Waals surface area contributed by atoms with E-state index in [4.69, 9.17) is 13.6 Å². The topological polar surface area (TPSA) is 77.5 Å². The summed E-state index contributed by atoms with van der Waals surface area (Å²) in [7, 11) is 1.59. The number of furan rings is 1. The van der Waals surface area contributed by atoms with Crippen molar-refractivity contribution in [2.24, 2.45) is 0 Å². The molecule has 2 heterocycles. The van der Waals surface area contributed by atoms with E-state index in [0.717, 1.165) is 10.9 Å². The number of carbonyl (C=O) groups excluding carboxylic acids is 1. The number of benzene rings is 2.